The zero-order valence-electron chi connectivity index (χ0n) is 15.7. The molecule has 0 aliphatic heterocycles. The number of nitrogens with zero attached hydrogens (tertiary/aromatic N) is 1. The molecule has 0 bridgehead atoms. The number of hydrogen-bond acceptors (Lipinski definition) is 2. The number of nitro groups is 1. The molecule has 0 atom stereocenters. The van der Waals surface area contributed by atoms with E-state index in [4.69, 9.17) is 0 Å². The minimum atomic E-state index is -0.290. The molecule has 4 aromatic carbocycles. The molecule has 0 radical (unpaired) electrons. The van der Waals surface area contributed by atoms with Gasteiger partial charge in [0.25, 0.3) is 5.69 Å². The summed E-state index contributed by atoms with van der Waals surface area (Å²) in [6.45, 7) is 0. The van der Waals surface area contributed by atoms with Crippen molar-refractivity contribution in [1.29, 1.82) is 0 Å². The fourth-order valence-corrected chi connectivity index (χ4v) is 3.37. The van der Waals surface area contributed by atoms with Gasteiger partial charge in [-0.15, -0.1) is 0 Å². The summed E-state index contributed by atoms with van der Waals surface area (Å²) in [7, 11) is 0. The van der Waals surface area contributed by atoms with E-state index in [9.17, 15) is 10.1 Å². The largest absolute Gasteiger partial charge is 0.284 e. The topological polar surface area (TPSA) is 43.1 Å². The molecule has 0 fully saturated rings. The smallest absolute Gasteiger partial charge is 0.258 e. The molecule has 29 heavy (non-hydrogen) atoms. The van der Waals surface area contributed by atoms with Gasteiger partial charge in [-0.25, -0.2) is 0 Å². The van der Waals surface area contributed by atoms with Gasteiger partial charge >= 0.3 is 0 Å². The minimum Gasteiger partial charge on any atom is -0.258 e. The van der Waals surface area contributed by atoms with Gasteiger partial charge in [-0.2, -0.15) is 0 Å². The summed E-state index contributed by atoms with van der Waals surface area (Å²) in [6, 6.07) is 33.0. The first-order valence-corrected chi connectivity index (χ1v) is 9.39. The second-order valence-corrected chi connectivity index (χ2v) is 6.69. The molecule has 0 aromatic heterocycles. The molecule has 0 amide bonds. The van der Waals surface area contributed by atoms with E-state index in [0.29, 0.717) is 11.1 Å². The molecule has 0 heterocycles. The van der Waals surface area contributed by atoms with Crippen LogP contribution >= 0.6 is 0 Å². The second kappa shape index (κ2) is 8.36. The zero-order valence-corrected chi connectivity index (χ0v) is 15.7. The molecule has 0 saturated carbocycles. The monoisotopic (exact) mass is 377 g/mol. The highest BCUT2D eigenvalue weighted by atomic mass is 16.6. The number of nitro benzene ring substituents is 1. The second-order valence-electron chi connectivity index (χ2n) is 6.69. The van der Waals surface area contributed by atoms with Crippen molar-refractivity contribution >= 4 is 17.8 Å². The molecule has 4 rings (SSSR count). The van der Waals surface area contributed by atoms with Gasteiger partial charge in [0.2, 0.25) is 0 Å². The Morgan fingerprint density at radius 1 is 0.621 bits per heavy atom. The third-order valence-corrected chi connectivity index (χ3v) is 4.77. The first-order chi connectivity index (χ1) is 14.2. The van der Waals surface area contributed by atoms with Gasteiger partial charge < -0.3 is 0 Å². The number of hydrogen-bond donors (Lipinski definition) is 0. The summed E-state index contributed by atoms with van der Waals surface area (Å²) < 4.78 is 0. The van der Waals surface area contributed by atoms with Crippen LogP contribution in [0.4, 0.5) is 5.69 Å². The summed E-state index contributed by atoms with van der Waals surface area (Å²) in [4.78, 5) is 11.8. The minimum absolute atomic E-state index is 0.114. The molecule has 0 unspecified atom stereocenters. The molecule has 3 heteroatoms. The van der Waals surface area contributed by atoms with Crippen LogP contribution in [0.5, 0.6) is 0 Å². The van der Waals surface area contributed by atoms with Crippen molar-refractivity contribution in [1.82, 2.24) is 0 Å². The van der Waals surface area contributed by atoms with Gasteiger partial charge in [-0.3, -0.25) is 10.1 Å². The summed E-state index contributed by atoms with van der Waals surface area (Å²) in [5, 5.41) is 12.0. The highest BCUT2D eigenvalue weighted by Crippen LogP contribution is 2.38. The van der Waals surface area contributed by atoms with E-state index in [1.807, 2.05) is 115 Å². The fraction of sp³-hybridized carbons (Fsp3) is 0. The normalized spacial score (nSPS) is 10.9. The van der Waals surface area contributed by atoms with Crippen LogP contribution in [0.15, 0.2) is 103 Å². The third-order valence-electron chi connectivity index (χ3n) is 4.77. The molecule has 0 aliphatic carbocycles. The van der Waals surface area contributed by atoms with Crippen LogP contribution in [0.1, 0.15) is 11.1 Å². The lowest BCUT2D eigenvalue weighted by Crippen LogP contribution is -1.97. The fourth-order valence-electron chi connectivity index (χ4n) is 3.37. The Kier molecular flexibility index (Phi) is 5.30. The average Bonchev–Trinajstić information content (AvgIpc) is 2.79. The Morgan fingerprint density at radius 3 is 1.76 bits per heavy atom. The Morgan fingerprint density at radius 2 is 1.17 bits per heavy atom. The Labute approximate surface area is 169 Å². The lowest BCUT2D eigenvalue weighted by atomic mass is 9.93. The third kappa shape index (κ3) is 4.14. The molecule has 0 N–H and O–H groups in total. The molecular weight excluding hydrogens is 358 g/mol. The first kappa shape index (κ1) is 18.4. The average molecular weight is 377 g/mol. The van der Waals surface area contributed by atoms with Crippen LogP contribution in [0, 0.1) is 10.1 Å². The van der Waals surface area contributed by atoms with Crippen molar-refractivity contribution < 1.29 is 4.92 Å². The molecule has 0 spiro atoms. The van der Waals surface area contributed by atoms with Crippen molar-refractivity contribution in [3.05, 3.63) is 124 Å². The number of rotatable bonds is 5. The van der Waals surface area contributed by atoms with Gasteiger partial charge in [0.15, 0.2) is 0 Å². The van der Waals surface area contributed by atoms with Crippen LogP contribution in [-0.2, 0) is 0 Å². The van der Waals surface area contributed by atoms with Crippen molar-refractivity contribution in [3.63, 3.8) is 0 Å². The maximum atomic E-state index is 12.0. The van der Waals surface area contributed by atoms with E-state index in [-0.39, 0.29) is 10.6 Å². The van der Waals surface area contributed by atoms with E-state index in [1.165, 1.54) is 0 Å². The summed E-state index contributed by atoms with van der Waals surface area (Å²) in [5.41, 5.74) is 5.10. The van der Waals surface area contributed by atoms with Crippen molar-refractivity contribution in [2.24, 2.45) is 0 Å². The van der Waals surface area contributed by atoms with E-state index in [2.05, 4.69) is 0 Å². The van der Waals surface area contributed by atoms with E-state index >= 15 is 0 Å². The van der Waals surface area contributed by atoms with E-state index in [0.717, 1.165) is 22.3 Å². The van der Waals surface area contributed by atoms with Crippen LogP contribution in [0.25, 0.3) is 34.4 Å². The van der Waals surface area contributed by atoms with E-state index in [1.54, 1.807) is 0 Å². The standard InChI is InChI=1S/C26H19NO2/c28-27(29)26-23(17-16-20-10-4-1-5-11-20)18-24(21-12-6-2-7-13-21)19-25(26)22-14-8-3-9-15-22/h1-19H/b17-16+. The van der Waals surface area contributed by atoms with E-state index < -0.39 is 0 Å². The van der Waals surface area contributed by atoms with Gasteiger partial charge in [-0.05, 0) is 40.5 Å². The van der Waals surface area contributed by atoms with Crippen molar-refractivity contribution in [3.8, 4) is 22.3 Å². The Balaban J connectivity index is 1.94. The van der Waals surface area contributed by atoms with Gasteiger partial charge in [-0.1, -0.05) is 97.1 Å². The van der Waals surface area contributed by atoms with Crippen molar-refractivity contribution in [2.75, 3.05) is 0 Å². The van der Waals surface area contributed by atoms with Crippen LogP contribution in [0.3, 0.4) is 0 Å². The lowest BCUT2D eigenvalue weighted by Gasteiger charge is -2.11. The van der Waals surface area contributed by atoms with Crippen LogP contribution in [0.2, 0.25) is 0 Å². The summed E-state index contributed by atoms with van der Waals surface area (Å²) in [6.07, 6.45) is 3.73. The molecule has 0 aliphatic rings. The van der Waals surface area contributed by atoms with Gasteiger partial charge in [0, 0.05) is 0 Å². The van der Waals surface area contributed by atoms with Gasteiger partial charge in [0.05, 0.1) is 16.1 Å². The highest BCUT2D eigenvalue weighted by Gasteiger charge is 2.21. The maximum Gasteiger partial charge on any atom is 0.284 e. The Bertz CT molecular complexity index is 1150. The SMILES string of the molecule is O=[N+]([O-])c1c(/C=C/c2ccccc2)cc(-c2ccccc2)cc1-c1ccccc1. The number of benzene rings is 4. The lowest BCUT2D eigenvalue weighted by molar-refractivity contribution is -0.384. The molecule has 3 nitrogen and oxygen atoms in total. The predicted octanol–water partition coefficient (Wildman–Crippen LogP) is 7.10. The predicted molar refractivity (Wildman–Crippen MR) is 119 cm³/mol. The highest BCUT2D eigenvalue weighted by molar-refractivity contribution is 5.88. The Hall–Kier alpha value is -3.98. The molecule has 0 saturated heterocycles. The zero-order chi connectivity index (χ0) is 20.1. The van der Waals surface area contributed by atoms with Crippen LogP contribution in [-0.4, -0.2) is 4.92 Å². The van der Waals surface area contributed by atoms with Crippen LogP contribution < -0.4 is 0 Å². The summed E-state index contributed by atoms with van der Waals surface area (Å²) >= 11 is 0. The first-order valence-electron chi connectivity index (χ1n) is 9.39. The van der Waals surface area contributed by atoms with Crippen molar-refractivity contribution in [2.45, 2.75) is 0 Å². The molecule has 4 aromatic rings. The quantitative estimate of drug-likeness (QED) is 0.211. The van der Waals surface area contributed by atoms with Gasteiger partial charge in [0.1, 0.15) is 0 Å². The summed E-state index contributed by atoms with van der Waals surface area (Å²) in [5.74, 6) is 0. The molecular formula is C26H19NO2. The molecule has 140 valence electrons. The maximum absolute atomic E-state index is 12.0.